The molecule has 1 aromatic carbocycles. The van der Waals surface area contributed by atoms with E-state index in [4.69, 9.17) is 0 Å². The molecule has 0 bridgehead atoms. The van der Waals surface area contributed by atoms with Crippen LogP contribution in [0.15, 0.2) is 30.3 Å². The Morgan fingerprint density at radius 2 is 1.94 bits per heavy atom. The predicted molar refractivity (Wildman–Crippen MR) is 74.6 cm³/mol. The first-order valence-corrected chi connectivity index (χ1v) is 6.48. The quantitative estimate of drug-likeness (QED) is 0.875. The number of aromatic nitrogens is 2. The Morgan fingerprint density at radius 3 is 2.61 bits per heavy atom. The molecule has 96 valence electrons. The summed E-state index contributed by atoms with van der Waals surface area (Å²) in [5.41, 5.74) is 4.92. The van der Waals surface area contributed by atoms with Crippen LogP contribution in [0.1, 0.15) is 29.4 Å². The third kappa shape index (κ3) is 3.20. The lowest BCUT2D eigenvalue weighted by atomic mass is 10.1. The molecule has 3 nitrogen and oxygen atoms in total. The first-order valence-electron chi connectivity index (χ1n) is 6.48. The lowest BCUT2D eigenvalue weighted by molar-refractivity contribution is 0.657. The van der Waals surface area contributed by atoms with Gasteiger partial charge in [-0.1, -0.05) is 31.2 Å². The van der Waals surface area contributed by atoms with Crippen molar-refractivity contribution < 1.29 is 0 Å². The summed E-state index contributed by atoms with van der Waals surface area (Å²) in [6.45, 7) is 9.04. The molecule has 2 aromatic rings. The Morgan fingerprint density at radius 1 is 1.17 bits per heavy atom. The van der Waals surface area contributed by atoms with Crippen molar-refractivity contribution in [2.24, 2.45) is 0 Å². The minimum absolute atomic E-state index is 0.847. The van der Waals surface area contributed by atoms with E-state index < -0.39 is 0 Å². The van der Waals surface area contributed by atoms with E-state index in [9.17, 15) is 0 Å². The minimum Gasteiger partial charge on any atom is -0.313 e. The first-order chi connectivity index (χ1) is 8.69. The summed E-state index contributed by atoms with van der Waals surface area (Å²) in [4.78, 5) is 0. The van der Waals surface area contributed by atoms with Crippen molar-refractivity contribution in [2.45, 2.75) is 33.9 Å². The standard InChI is InChI=1S/C15H21N3/c1-4-16-10-14-6-5-7-15(9-14)11-18-13(3)8-12(2)17-18/h5-9,16H,4,10-11H2,1-3H3. The second kappa shape index (κ2) is 5.83. The molecule has 0 spiro atoms. The van der Waals surface area contributed by atoms with Gasteiger partial charge in [0.2, 0.25) is 0 Å². The maximum absolute atomic E-state index is 4.50. The fraction of sp³-hybridized carbons (Fsp3) is 0.400. The van der Waals surface area contributed by atoms with Crippen LogP contribution in [0, 0.1) is 13.8 Å². The molecular weight excluding hydrogens is 222 g/mol. The number of benzene rings is 1. The molecule has 0 atom stereocenters. The van der Waals surface area contributed by atoms with Crippen LogP contribution in [-0.2, 0) is 13.1 Å². The van der Waals surface area contributed by atoms with Gasteiger partial charge in [-0.15, -0.1) is 0 Å². The number of hydrogen-bond donors (Lipinski definition) is 1. The van der Waals surface area contributed by atoms with Crippen LogP contribution in [0.5, 0.6) is 0 Å². The maximum atomic E-state index is 4.50. The Balaban J connectivity index is 2.11. The molecule has 3 heteroatoms. The number of rotatable bonds is 5. The van der Waals surface area contributed by atoms with E-state index in [1.54, 1.807) is 0 Å². The van der Waals surface area contributed by atoms with Crippen LogP contribution in [0.25, 0.3) is 0 Å². The summed E-state index contributed by atoms with van der Waals surface area (Å²) in [6, 6.07) is 10.8. The largest absolute Gasteiger partial charge is 0.313 e. The number of nitrogens with one attached hydrogen (secondary N) is 1. The van der Waals surface area contributed by atoms with Gasteiger partial charge in [-0.25, -0.2) is 0 Å². The third-order valence-corrected chi connectivity index (χ3v) is 3.01. The molecule has 0 unspecified atom stereocenters. The molecule has 0 fully saturated rings. The topological polar surface area (TPSA) is 29.9 Å². The van der Waals surface area contributed by atoms with Gasteiger partial charge in [-0.05, 0) is 37.6 Å². The number of hydrogen-bond acceptors (Lipinski definition) is 2. The van der Waals surface area contributed by atoms with Crippen LogP contribution in [-0.4, -0.2) is 16.3 Å². The van der Waals surface area contributed by atoms with Crippen molar-refractivity contribution in [3.05, 3.63) is 52.8 Å². The Kier molecular flexibility index (Phi) is 4.15. The molecule has 1 N–H and O–H groups in total. The predicted octanol–water partition coefficient (Wildman–Crippen LogP) is 2.66. The SMILES string of the molecule is CCNCc1cccc(Cn2nc(C)cc2C)c1. The molecule has 18 heavy (non-hydrogen) atoms. The van der Waals surface area contributed by atoms with Crippen molar-refractivity contribution >= 4 is 0 Å². The number of nitrogens with zero attached hydrogens (tertiary/aromatic N) is 2. The van der Waals surface area contributed by atoms with Crippen LogP contribution in [0.3, 0.4) is 0 Å². The summed E-state index contributed by atoms with van der Waals surface area (Å²) in [6.07, 6.45) is 0. The highest BCUT2D eigenvalue weighted by Crippen LogP contribution is 2.09. The van der Waals surface area contributed by atoms with Gasteiger partial charge in [0.25, 0.3) is 0 Å². The average molecular weight is 243 g/mol. The van der Waals surface area contributed by atoms with Crippen molar-refractivity contribution in [3.63, 3.8) is 0 Å². The van der Waals surface area contributed by atoms with Gasteiger partial charge in [0.05, 0.1) is 12.2 Å². The molecule has 0 amide bonds. The fourth-order valence-electron chi connectivity index (χ4n) is 2.12. The van der Waals surface area contributed by atoms with Crippen molar-refractivity contribution in [1.29, 1.82) is 0 Å². The van der Waals surface area contributed by atoms with E-state index in [0.29, 0.717) is 0 Å². The highest BCUT2D eigenvalue weighted by atomic mass is 15.3. The van der Waals surface area contributed by atoms with Crippen molar-refractivity contribution in [1.82, 2.24) is 15.1 Å². The lowest BCUT2D eigenvalue weighted by Gasteiger charge is -2.07. The monoisotopic (exact) mass is 243 g/mol. The highest BCUT2D eigenvalue weighted by Gasteiger charge is 2.02. The Labute approximate surface area is 109 Å². The molecule has 0 saturated carbocycles. The highest BCUT2D eigenvalue weighted by molar-refractivity contribution is 5.24. The lowest BCUT2D eigenvalue weighted by Crippen LogP contribution is -2.12. The average Bonchev–Trinajstić information content (AvgIpc) is 2.66. The zero-order valence-electron chi connectivity index (χ0n) is 11.4. The van der Waals surface area contributed by atoms with Crippen molar-refractivity contribution in [2.75, 3.05) is 6.54 Å². The molecule has 1 aromatic heterocycles. The van der Waals surface area contributed by atoms with Crippen LogP contribution >= 0.6 is 0 Å². The smallest absolute Gasteiger partial charge is 0.0662 e. The zero-order chi connectivity index (χ0) is 13.0. The van der Waals surface area contributed by atoms with Crippen LogP contribution in [0.2, 0.25) is 0 Å². The van der Waals surface area contributed by atoms with Gasteiger partial charge in [0.15, 0.2) is 0 Å². The maximum Gasteiger partial charge on any atom is 0.0662 e. The van der Waals surface area contributed by atoms with E-state index in [0.717, 1.165) is 25.3 Å². The van der Waals surface area contributed by atoms with Gasteiger partial charge in [0.1, 0.15) is 0 Å². The summed E-state index contributed by atoms with van der Waals surface area (Å²) in [5.74, 6) is 0. The first kappa shape index (κ1) is 12.8. The third-order valence-electron chi connectivity index (χ3n) is 3.01. The molecule has 0 aliphatic carbocycles. The van der Waals surface area contributed by atoms with E-state index in [-0.39, 0.29) is 0 Å². The summed E-state index contributed by atoms with van der Waals surface area (Å²) < 4.78 is 2.06. The molecule has 0 aliphatic heterocycles. The van der Waals surface area contributed by atoms with Crippen molar-refractivity contribution in [3.8, 4) is 0 Å². The molecule has 1 heterocycles. The van der Waals surface area contributed by atoms with Crippen LogP contribution in [0.4, 0.5) is 0 Å². The van der Waals surface area contributed by atoms with Gasteiger partial charge < -0.3 is 5.32 Å². The summed E-state index contributed by atoms with van der Waals surface area (Å²) >= 11 is 0. The van der Waals surface area contributed by atoms with Gasteiger partial charge in [0, 0.05) is 12.2 Å². The second-order valence-corrected chi connectivity index (χ2v) is 4.69. The number of aryl methyl sites for hydroxylation is 2. The Bertz CT molecular complexity index is 514. The minimum atomic E-state index is 0.847. The molecule has 0 aliphatic rings. The fourth-order valence-corrected chi connectivity index (χ4v) is 2.12. The normalized spacial score (nSPS) is 10.8. The van der Waals surface area contributed by atoms with E-state index in [2.05, 4.69) is 59.3 Å². The van der Waals surface area contributed by atoms with Gasteiger partial charge in [-0.3, -0.25) is 4.68 Å². The second-order valence-electron chi connectivity index (χ2n) is 4.69. The molecule has 0 saturated heterocycles. The Hall–Kier alpha value is -1.61. The summed E-state index contributed by atoms with van der Waals surface area (Å²) in [7, 11) is 0. The van der Waals surface area contributed by atoms with E-state index in [1.165, 1.54) is 16.8 Å². The molecular formula is C15H21N3. The molecule has 0 radical (unpaired) electrons. The van der Waals surface area contributed by atoms with Gasteiger partial charge >= 0.3 is 0 Å². The van der Waals surface area contributed by atoms with Crippen LogP contribution < -0.4 is 5.32 Å². The molecule has 2 rings (SSSR count). The van der Waals surface area contributed by atoms with E-state index in [1.807, 2.05) is 6.92 Å². The van der Waals surface area contributed by atoms with Gasteiger partial charge in [-0.2, -0.15) is 5.10 Å². The summed E-state index contributed by atoms with van der Waals surface area (Å²) in [5, 5.41) is 7.85. The zero-order valence-corrected chi connectivity index (χ0v) is 11.4. The van der Waals surface area contributed by atoms with E-state index >= 15 is 0 Å².